The number of nitrogens with one attached hydrogen (secondary N) is 1. The smallest absolute Gasteiger partial charge is 0.235 e. The summed E-state index contributed by atoms with van der Waals surface area (Å²) in [6.07, 6.45) is 1.50. The molecule has 6 nitrogen and oxygen atoms in total. The SMILES string of the molecule is Cc1cc(NC(=O)CSc2ncnc3ccsc23)n(-c2ccc(F)cc2)n1. The van der Waals surface area contributed by atoms with Crippen molar-refractivity contribution in [3.63, 3.8) is 0 Å². The number of nitrogens with zero attached hydrogens (tertiary/aromatic N) is 4. The molecule has 1 amide bonds. The number of halogens is 1. The summed E-state index contributed by atoms with van der Waals surface area (Å²) in [5.41, 5.74) is 2.30. The summed E-state index contributed by atoms with van der Waals surface area (Å²) in [4.78, 5) is 20.9. The van der Waals surface area contributed by atoms with E-state index < -0.39 is 0 Å². The Labute approximate surface area is 162 Å². The largest absolute Gasteiger partial charge is 0.310 e. The van der Waals surface area contributed by atoms with Gasteiger partial charge in [-0.25, -0.2) is 19.0 Å². The van der Waals surface area contributed by atoms with E-state index in [1.54, 1.807) is 34.2 Å². The Bertz CT molecular complexity index is 1110. The molecule has 27 heavy (non-hydrogen) atoms. The number of aromatic nitrogens is 4. The number of amides is 1. The van der Waals surface area contributed by atoms with E-state index in [2.05, 4.69) is 20.4 Å². The molecule has 3 aromatic heterocycles. The number of benzene rings is 1. The number of carbonyl (C=O) groups excluding carboxylic acids is 1. The minimum Gasteiger partial charge on any atom is -0.310 e. The van der Waals surface area contributed by atoms with Gasteiger partial charge in [0.2, 0.25) is 5.91 Å². The average molecular weight is 399 g/mol. The van der Waals surface area contributed by atoms with Crippen LogP contribution in [0.5, 0.6) is 0 Å². The van der Waals surface area contributed by atoms with Crippen molar-refractivity contribution >= 4 is 45.0 Å². The predicted molar refractivity (Wildman–Crippen MR) is 105 cm³/mol. The summed E-state index contributed by atoms with van der Waals surface area (Å²) in [6, 6.07) is 9.63. The Balaban J connectivity index is 1.48. The van der Waals surface area contributed by atoms with Crippen LogP contribution in [0.3, 0.4) is 0 Å². The van der Waals surface area contributed by atoms with Gasteiger partial charge in [0, 0.05) is 6.07 Å². The summed E-state index contributed by atoms with van der Waals surface area (Å²) < 4.78 is 15.7. The third-order valence-electron chi connectivity index (χ3n) is 3.72. The van der Waals surface area contributed by atoms with Crippen LogP contribution < -0.4 is 5.32 Å². The van der Waals surface area contributed by atoms with E-state index in [0.717, 1.165) is 20.9 Å². The molecule has 0 aliphatic heterocycles. The average Bonchev–Trinajstić information content (AvgIpc) is 3.27. The molecule has 9 heteroatoms. The Morgan fingerprint density at radius 3 is 2.89 bits per heavy atom. The third kappa shape index (κ3) is 3.83. The second-order valence-corrected chi connectivity index (χ2v) is 7.59. The lowest BCUT2D eigenvalue weighted by Crippen LogP contribution is -2.17. The van der Waals surface area contributed by atoms with Crippen LogP contribution in [0.15, 0.2) is 53.1 Å². The first-order valence-electron chi connectivity index (χ1n) is 8.03. The van der Waals surface area contributed by atoms with Gasteiger partial charge in [0.05, 0.1) is 27.4 Å². The molecule has 0 fully saturated rings. The second-order valence-electron chi connectivity index (χ2n) is 5.71. The molecule has 136 valence electrons. The predicted octanol–water partition coefficient (Wildman–Crippen LogP) is 4.06. The summed E-state index contributed by atoms with van der Waals surface area (Å²) in [7, 11) is 0. The van der Waals surface area contributed by atoms with Crippen molar-refractivity contribution in [3.05, 3.63) is 59.6 Å². The van der Waals surface area contributed by atoms with E-state index in [1.807, 2.05) is 18.4 Å². The van der Waals surface area contributed by atoms with Crippen LogP contribution in [0.1, 0.15) is 5.69 Å². The fraction of sp³-hybridized carbons (Fsp3) is 0.111. The van der Waals surface area contributed by atoms with E-state index in [-0.39, 0.29) is 17.5 Å². The minimum atomic E-state index is -0.325. The van der Waals surface area contributed by atoms with Gasteiger partial charge in [-0.1, -0.05) is 11.8 Å². The molecule has 0 bridgehead atoms. The number of carbonyl (C=O) groups is 1. The molecule has 0 atom stereocenters. The number of thiophene rings is 1. The lowest BCUT2D eigenvalue weighted by molar-refractivity contribution is -0.113. The number of thioether (sulfide) groups is 1. The molecule has 4 aromatic rings. The summed E-state index contributed by atoms with van der Waals surface area (Å²) in [5.74, 6) is 0.243. The topological polar surface area (TPSA) is 72.7 Å². The molecule has 1 aromatic carbocycles. The van der Waals surface area contributed by atoms with Crippen molar-refractivity contribution in [2.45, 2.75) is 11.9 Å². The van der Waals surface area contributed by atoms with Gasteiger partial charge in [-0.15, -0.1) is 11.3 Å². The first-order valence-corrected chi connectivity index (χ1v) is 9.90. The number of aryl methyl sites for hydroxylation is 1. The maximum atomic E-state index is 13.2. The van der Waals surface area contributed by atoms with E-state index in [4.69, 9.17) is 0 Å². The Kier molecular flexibility index (Phi) is 4.87. The normalized spacial score (nSPS) is 11.0. The Morgan fingerprint density at radius 1 is 1.26 bits per heavy atom. The minimum absolute atomic E-state index is 0.174. The van der Waals surface area contributed by atoms with Crippen LogP contribution in [-0.4, -0.2) is 31.4 Å². The number of anilines is 1. The lowest BCUT2D eigenvalue weighted by Gasteiger charge is -2.09. The molecule has 0 saturated carbocycles. The first kappa shape index (κ1) is 17.6. The van der Waals surface area contributed by atoms with Crippen LogP contribution in [0.2, 0.25) is 0 Å². The summed E-state index contributed by atoms with van der Waals surface area (Å²) in [6.45, 7) is 1.83. The van der Waals surface area contributed by atoms with Crippen molar-refractivity contribution in [3.8, 4) is 5.69 Å². The Hall–Kier alpha value is -2.78. The fourth-order valence-corrected chi connectivity index (χ4v) is 4.30. The molecule has 0 spiro atoms. The maximum absolute atomic E-state index is 13.2. The van der Waals surface area contributed by atoms with Crippen molar-refractivity contribution in [1.82, 2.24) is 19.7 Å². The second kappa shape index (κ2) is 7.45. The van der Waals surface area contributed by atoms with Gasteiger partial charge in [-0.3, -0.25) is 4.79 Å². The van der Waals surface area contributed by atoms with Gasteiger partial charge >= 0.3 is 0 Å². The standard InChI is InChI=1S/C18H14FN5OS2/c1-11-8-15(24(23-11)13-4-2-12(19)3-5-13)22-16(25)9-27-18-17-14(6-7-26-17)20-10-21-18/h2-8,10H,9H2,1H3,(H,22,25). The summed E-state index contributed by atoms with van der Waals surface area (Å²) >= 11 is 2.91. The molecule has 0 saturated heterocycles. The Morgan fingerprint density at radius 2 is 2.07 bits per heavy atom. The molecular weight excluding hydrogens is 385 g/mol. The van der Waals surface area contributed by atoms with Crippen LogP contribution in [0, 0.1) is 12.7 Å². The number of fused-ring (bicyclic) bond motifs is 1. The molecule has 0 radical (unpaired) electrons. The zero-order valence-corrected chi connectivity index (χ0v) is 15.9. The van der Waals surface area contributed by atoms with E-state index >= 15 is 0 Å². The van der Waals surface area contributed by atoms with Crippen molar-refractivity contribution < 1.29 is 9.18 Å². The molecule has 3 heterocycles. The maximum Gasteiger partial charge on any atom is 0.235 e. The van der Waals surface area contributed by atoms with Gasteiger partial charge in [-0.2, -0.15) is 5.10 Å². The van der Waals surface area contributed by atoms with Crippen LogP contribution in [0.25, 0.3) is 15.9 Å². The van der Waals surface area contributed by atoms with E-state index in [1.165, 1.54) is 30.2 Å². The third-order valence-corrected chi connectivity index (χ3v) is 5.75. The van der Waals surface area contributed by atoms with Gasteiger partial charge in [0.15, 0.2) is 0 Å². The van der Waals surface area contributed by atoms with Crippen molar-refractivity contribution in [2.75, 3.05) is 11.1 Å². The highest BCUT2D eigenvalue weighted by Crippen LogP contribution is 2.28. The zero-order valence-electron chi connectivity index (χ0n) is 14.2. The summed E-state index contributed by atoms with van der Waals surface area (Å²) in [5, 5.41) is 9.97. The van der Waals surface area contributed by atoms with Crippen LogP contribution in [0.4, 0.5) is 10.2 Å². The van der Waals surface area contributed by atoms with Crippen molar-refractivity contribution in [2.24, 2.45) is 0 Å². The zero-order chi connectivity index (χ0) is 18.8. The molecule has 0 unspecified atom stereocenters. The molecule has 1 N–H and O–H groups in total. The van der Waals surface area contributed by atoms with Gasteiger partial charge in [0.1, 0.15) is 23.0 Å². The van der Waals surface area contributed by atoms with E-state index in [9.17, 15) is 9.18 Å². The first-order chi connectivity index (χ1) is 13.1. The van der Waals surface area contributed by atoms with Gasteiger partial charge in [0.25, 0.3) is 0 Å². The lowest BCUT2D eigenvalue weighted by atomic mass is 10.3. The quantitative estimate of drug-likeness (QED) is 0.405. The van der Waals surface area contributed by atoms with Crippen LogP contribution >= 0.6 is 23.1 Å². The van der Waals surface area contributed by atoms with E-state index in [0.29, 0.717) is 11.5 Å². The molecule has 0 aliphatic rings. The molecule has 4 rings (SSSR count). The van der Waals surface area contributed by atoms with Gasteiger partial charge < -0.3 is 5.32 Å². The fourth-order valence-electron chi connectivity index (χ4n) is 2.55. The number of hydrogen-bond acceptors (Lipinski definition) is 6. The number of hydrogen-bond donors (Lipinski definition) is 1. The highest BCUT2D eigenvalue weighted by Gasteiger charge is 2.13. The van der Waals surface area contributed by atoms with Crippen molar-refractivity contribution in [1.29, 1.82) is 0 Å². The van der Waals surface area contributed by atoms with Crippen LogP contribution in [-0.2, 0) is 4.79 Å². The highest BCUT2D eigenvalue weighted by atomic mass is 32.2. The molecule has 0 aliphatic carbocycles. The monoisotopic (exact) mass is 399 g/mol. The molecular formula is C18H14FN5OS2. The highest BCUT2D eigenvalue weighted by molar-refractivity contribution is 8.00. The van der Waals surface area contributed by atoms with Gasteiger partial charge in [-0.05, 0) is 42.6 Å². The number of rotatable bonds is 5.